The highest BCUT2D eigenvalue weighted by Crippen LogP contribution is 2.11. The van der Waals surface area contributed by atoms with Crippen LogP contribution in [0.15, 0.2) is 60.7 Å². The van der Waals surface area contributed by atoms with Gasteiger partial charge in [0.05, 0.1) is 13.2 Å². The Labute approximate surface area is 241 Å². The molecule has 3 N–H and O–H groups in total. The van der Waals surface area contributed by atoms with Crippen molar-refractivity contribution in [2.75, 3.05) is 14.2 Å². The number of likely N-dealkylation sites (N-methyl/N-ethyl adjacent to an activating group) is 1. The van der Waals surface area contributed by atoms with Crippen molar-refractivity contribution in [2.24, 2.45) is 5.92 Å². The maximum Gasteiger partial charge on any atom is 0.408 e. The summed E-state index contributed by atoms with van der Waals surface area (Å²) in [6.45, 7) is 7.29. The van der Waals surface area contributed by atoms with Gasteiger partial charge < -0.3 is 24.9 Å². The maximum absolute atomic E-state index is 13.4. The molecule has 11 nitrogen and oxygen atoms in total. The van der Waals surface area contributed by atoms with Crippen LogP contribution in [0.4, 0.5) is 4.79 Å². The molecule has 0 aliphatic carbocycles. The molecule has 0 radical (unpaired) electrons. The molecule has 41 heavy (non-hydrogen) atoms. The molecule has 11 heteroatoms. The minimum atomic E-state index is -1.50. The Balaban J connectivity index is 2.17. The highest BCUT2D eigenvalue weighted by atomic mass is 16.7. The van der Waals surface area contributed by atoms with Crippen molar-refractivity contribution in [3.8, 4) is 0 Å². The third-order valence-electron chi connectivity index (χ3n) is 5.99. The highest BCUT2D eigenvalue weighted by molar-refractivity contribution is 6.01. The van der Waals surface area contributed by atoms with Gasteiger partial charge in [-0.25, -0.2) is 4.79 Å². The first kappa shape index (κ1) is 33.4. The summed E-state index contributed by atoms with van der Waals surface area (Å²) in [4.78, 5) is 57.4. The number of alkyl carbamates (subject to hydrolysis) is 1. The largest absolute Gasteiger partial charge is 0.445 e. The zero-order valence-corrected chi connectivity index (χ0v) is 24.6. The molecule has 0 aromatic heterocycles. The first-order chi connectivity index (χ1) is 19.5. The predicted octanol–water partition coefficient (Wildman–Crippen LogP) is 2.94. The standard InChI is InChI=1S/C30H42N4O7/c1-20(2)17-25(34(5)39-6)27(36)32-28(37)29(41-21(3)4)33-26(35)24(18-22-13-9-7-10-14-22)31-30(38)40-19-23-15-11-8-12-16-23/h7-16,20-21,24-25,29H,17-19H2,1-6H3,(H,31,38)(H,33,35)(H,32,36,37)/t24-,25-,29?/m0/s1. The molecular formula is C30H42N4O7. The summed E-state index contributed by atoms with van der Waals surface area (Å²) >= 11 is 0. The Bertz CT molecular complexity index is 1110. The molecule has 0 fully saturated rings. The van der Waals surface area contributed by atoms with Crippen molar-refractivity contribution < 1.29 is 33.5 Å². The van der Waals surface area contributed by atoms with E-state index >= 15 is 0 Å². The number of amides is 4. The fourth-order valence-electron chi connectivity index (χ4n) is 3.89. The molecule has 1 unspecified atom stereocenters. The second-order valence-corrected chi connectivity index (χ2v) is 10.2. The molecule has 2 rings (SSSR count). The maximum atomic E-state index is 13.4. The van der Waals surface area contributed by atoms with Gasteiger partial charge in [0.15, 0.2) is 0 Å². The Morgan fingerprint density at radius 2 is 1.39 bits per heavy atom. The van der Waals surface area contributed by atoms with Crippen LogP contribution in [0.25, 0.3) is 0 Å². The van der Waals surface area contributed by atoms with Crippen molar-refractivity contribution in [3.05, 3.63) is 71.8 Å². The zero-order chi connectivity index (χ0) is 30.4. The van der Waals surface area contributed by atoms with E-state index in [2.05, 4.69) is 16.0 Å². The monoisotopic (exact) mass is 570 g/mol. The summed E-state index contributed by atoms with van der Waals surface area (Å²) in [6.07, 6.45) is -2.22. The lowest BCUT2D eigenvalue weighted by Crippen LogP contribution is -2.58. The van der Waals surface area contributed by atoms with Crippen LogP contribution in [0.3, 0.4) is 0 Å². The van der Waals surface area contributed by atoms with Crippen LogP contribution >= 0.6 is 0 Å². The molecule has 2 aromatic carbocycles. The summed E-state index contributed by atoms with van der Waals surface area (Å²) in [6, 6.07) is 16.4. The van der Waals surface area contributed by atoms with E-state index in [0.29, 0.717) is 6.42 Å². The van der Waals surface area contributed by atoms with Gasteiger partial charge in [-0.05, 0) is 37.3 Å². The van der Waals surface area contributed by atoms with Crippen LogP contribution in [0.5, 0.6) is 0 Å². The van der Waals surface area contributed by atoms with Gasteiger partial charge in [-0.2, -0.15) is 5.06 Å². The Kier molecular flexibility index (Phi) is 13.9. The van der Waals surface area contributed by atoms with Crippen LogP contribution in [0.2, 0.25) is 0 Å². The topological polar surface area (TPSA) is 135 Å². The quantitative estimate of drug-likeness (QED) is 0.220. The fourth-order valence-corrected chi connectivity index (χ4v) is 3.89. The van der Waals surface area contributed by atoms with Crippen molar-refractivity contribution >= 4 is 23.8 Å². The molecule has 0 heterocycles. The lowest BCUT2D eigenvalue weighted by Gasteiger charge is -2.28. The number of ether oxygens (including phenoxy) is 2. The van der Waals surface area contributed by atoms with E-state index in [1.807, 2.05) is 74.5 Å². The van der Waals surface area contributed by atoms with Crippen LogP contribution in [0.1, 0.15) is 45.2 Å². The highest BCUT2D eigenvalue weighted by Gasteiger charge is 2.32. The molecule has 0 aliphatic heterocycles. The number of hydrogen-bond acceptors (Lipinski definition) is 8. The first-order valence-electron chi connectivity index (χ1n) is 13.6. The van der Waals surface area contributed by atoms with E-state index in [1.54, 1.807) is 20.9 Å². The van der Waals surface area contributed by atoms with Gasteiger partial charge in [-0.3, -0.25) is 19.7 Å². The van der Waals surface area contributed by atoms with Gasteiger partial charge in [-0.15, -0.1) is 0 Å². The number of carbonyl (C=O) groups is 4. The molecule has 0 aliphatic rings. The molecule has 0 saturated heterocycles. The summed E-state index contributed by atoms with van der Waals surface area (Å²) in [5.74, 6) is -1.98. The Morgan fingerprint density at radius 1 is 0.805 bits per heavy atom. The lowest BCUT2D eigenvalue weighted by molar-refractivity contribution is -0.166. The summed E-state index contributed by atoms with van der Waals surface area (Å²) in [7, 11) is 3.02. The number of nitrogens with one attached hydrogen (secondary N) is 3. The Morgan fingerprint density at radius 3 is 1.93 bits per heavy atom. The first-order valence-corrected chi connectivity index (χ1v) is 13.6. The average Bonchev–Trinajstić information content (AvgIpc) is 2.94. The number of carbonyl (C=O) groups excluding carboxylic acids is 4. The average molecular weight is 571 g/mol. The van der Waals surface area contributed by atoms with Gasteiger partial charge in [0.1, 0.15) is 18.7 Å². The predicted molar refractivity (Wildman–Crippen MR) is 153 cm³/mol. The third-order valence-corrected chi connectivity index (χ3v) is 5.99. The number of benzene rings is 2. The molecule has 2 aromatic rings. The van der Waals surface area contributed by atoms with E-state index < -0.39 is 48.2 Å². The fraction of sp³-hybridized carbons (Fsp3) is 0.467. The van der Waals surface area contributed by atoms with Gasteiger partial charge in [0.25, 0.3) is 5.91 Å². The van der Waals surface area contributed by atoms with E-state index in [9.17, 15) is 19.2 Å². The SMILES string of the molecule is CON(C)[C@@H](CC(C)C)C(=O)NC(=O)C(NC(=O)[C@H](Cc1ccccc1)NC(=O)OCc1ccccc1)OC(C)C. The molecule has 224 valence electrons. The van der Waals surface area contributed by atoms with Crippen molar-refractivity contribution in [3.63, 3.8) is 0 Å². The molecule has 0 saturated carbocycles. The van der Waals surface area contributed by atoms with Crippen molar-refractivity contribution in [1.29, 1.82) is 0 Å². The van der Waals surface area contributed by atoms with Gasteiger partial charge >= 0.3 is 6.09 Å². The number of imide groups is 1. The van der Waals surface area contributed by atoms with Gasteiger partial charge in [0, 0.05) is 13.5 Å². The molecular weight excluding hydrogens is 528 g/mol. The number of rotatable bonds is 15. The minimum absolute atomic E-state index is 0.0173. The summed E-state index contributed by atoms with van der Waals surface area (Å²) in [5, 5.41) is 8.81. The molecule has 0 spiro atoms. The van der Waals surface area contributed by atoms with Crippen LogP contribution in [-0.2, 0) is 41.7 Å². The number of nitrogens with zero attached hydrogens (tertiary/aromatic N) is 1. The number of hydrogen-bond donors (Lipinski definition) is 3. The van der Waals surface area contributed by atoms with Gasteiger partial charge in [0.2, 0.25) is 18.0 Å². The second-order valence-electron chi connectivity index (χ2n) is 10.2. The van der Waals surface area contributed by atoms with E-state index in [1.165, 1.54) is 12.2 Å². The van der Waals surface area contributed by atoms with E-state index in [0.717, 1.165) is 11.1 Å². The number of hydroxylamine groups is 2. The molecule has 3 atom stereocenters. The van der Waals surface area contributed by atoms with Gasteiger partial charge in [-0.1, -0.05) is 74.5 Å². The Hall–Kier alpha value is -3.80. The summed E-state index contributed by atoms with van der Waals surface area (Å²) in [5.41, 5.74) is 1.56. The lowest BCUT2D eigenvalue weighted by atomic mass is 10.0. The summed E-state index contributed by atoms with van der Waals surface area (Å²) < 4.78 is 11.0. The molecule has 0 bridgehead atoms. The minimum Gasteiger partial charge on any atom is -0.445 e. The normalized spacial score (nSPS) is 13.4. The van der Waals surface area contributed by atoms with E-state index in [-0.39, 0.29) is 18.9 Å². The van der Waals surface area contributed by atoms with Crippen LogP contribution in [-0.4, -0.2) is 67.5 Å². The van der Waals surface area contributed by atoms with Crippen molar-refractivity contribution in [2.45, 2.75) is 71.6 Å². The second kappa shape index (κ2) is 17.1. The smallest absolute Gasteiger partial charge is 0.408 e. The zero-order valence-electron chi connectivity index (χ0n) is 24.6. The molecule has 4 amide bonds. The van der Waals surface area contributed by atoms with E-state index in [4.69, 9.17) is 14.3 Å². The third kappa shape index (κ3) is 12.1. The van der Waals surface area contributed by atoms with Crippen LogP contribution < -0.4 is 16.0 Å². The van der Waals surface area contributed by atoms with Crippen LogP contribution in [0, 0.1) is 5.92 Å². The van der Waals surface area contributed by atoms with Crippen molar-refractivity contribution in [1.82, 2.24) is 21.0 Å².